The number of rotatable bonds is 4. The molecule has 0 atom stereocenters. The molecule has 0 aliphatic carbocycles. The molecule has 23 heavy (non-hydrogen) atoms. The molecule has 0 aromatic carbocycles. The van der Waals surface area contributed by atoms with E-state index < -0.39 is 0 Å². The van der Waals surface area contributed by atoms with Gasteiger partial charge in [0.25, 0.3) is 5.91 Å². The zero-order chi connectivity index (χ0) is 16.2. The summed E-state index contributed by atoms with van der Waals surface area (Å²) in [6.07, 6.45) is 6.38. The monoisotopic (exact) mass is 317 g/mol. The molecule has 8 heteroatoms. The van der Waals surface area contributed by atoms with Crippen molar-refractivity contribution in [1.29, 1.82) is 0 Å². The second-order valence-electron chi connectivity index (χ2n) is 5.38. The van der Waals surface area contributed by atoms with Crippen molar-refractivity contribution < 1.29 is 14.3 Å². The summed E-state index contributed by atoms with van der Waals surface area (Å²) in [4.78, 5) is 22.3. The van der Waals surface area contributed by atoms with Crippen LogP contribution in [0.1, 0.15) is 23.2 Å². The van der Waals surface area contributed by atoms with Crippen molar-refractivity contribution in [2.24, 2.45) is 7.05 Å². The first-order valence-electron chi connectivity index (χ1n) is 7.47. The molecule has 122 valence electrons. The number of amides is 1. The van der Waals surface area contributed by atoms with E-state index in [-0.39, 0.29) is 12.0 Å². The van der Waals surface area contributed by atoms with E-state index in [4.69, 9.17) is 9.47 Å². The van der Waals surface area contributed by atoms with Gasteiger partial charge in [0.15, 0.2) is 0 Å². The Morgan fingerprint density at radius 3 is 2.78 bits per heavy atom. The fourth-order valence-corrected chi connectivity index (χ4v) is 2.63. The minimum atomic E-state index is -0.0598. The van der Waals surface area contributed by atoms with Gasteiger partial charge in [0.2, 0.25) is 11.8 Å². The third-order valence-electron chi connectivity index (χ3n) is 3.79. The fraction of sp³-hybridized carbons (Fsp3) is 0.467. The number of ether oxygens (including phenoxy) is 2. The number of aryl methyl sites for hydroxylation is 1. The van der Waals surface area contributed by atoms with Crippen molar-refractivity contribution in [3.63, 3.8) is 0 Å². The highest BCUT2D eigenvalue weighted by atomic mass is 16.5. The summed E-state index contributed by atoms with van der Waals surface area (Å²) in [7, 11) is 3.28. The number of carbonyl (C=O) groups is 1. The highest BCUT2D eigenvalue weighted by Crippen LogP contribution is 2.21. The zero-order valence-corrected chi connectivity index (χ0v) is 13.2. The maximum Gasteiger partial charge on any atom is 0.260 e. The molecule has 1 aliphatic heterocycles. The van der Waals surface area contributed by atoms with Crippen molar-refractivity contribution in [1.82, 2.24) is 24.6 Å². The van der Waals surface area contributed by atoms with Crippen LogP contribution in [-0.2, 0) is 7.05 Å². The largest absolute Gasteiger partial charge is 0.479 e. The third-order valence-corrected chi connectivity index (χ3v) is 3.79. The number of likely N-dealkylation sites (tertiary alicyclic amines) is 1. The van der Waals surface area contributed by atoms with E-state index >= 15 is 0 Å². The van der Waals surface area contributed by atoms with Crippen molar-refractivity contribution >= 4 is 5.91 Å². The fourth-order valence-electron chi connectivity index (χ4n) is 2.63. The molecule has 0 unspecified atom stereocenters. The van der Waals surface area contributed by atoms with Crippen molar-refractivity contribution in [3.05, 3.63) is 30.4 Å². The summed E-state index contributed by atoms with van der Waals surface area (Å²) in [6.45, 7) is 1.26. The number of carbonyl (C=O) groups excluding carboxylic acids is 1. The number of hydrogen-bond donors (Lipinski definition) is 0. The van der Waals surface area contributed by atoms with Crippen LogP contribution in [0.4, 0.5) is 0 Å². The number of hydrogen-bond acceptors (Lipinski definition) is 6. The Morgan fingerprint density at radius 2 is 2.13 bits per heavy atom. The SMILES string of the molecule is COc1nn(C)cc1C(=O)N1CCC(Oc2ccncn2)CC1. The van der Waals surface area contributed by atoms with Gasteiger partial charge in [-0.3, -0.25) is 9.48 Å². The van der Waals surface area contributed by atoms with Gasteiger partial charge in [0, 0.05) is 51.4 Å². The van der Waals surface area contributed by atoms with Crippen molar-refractivity contribution in [3.8, 4) is 11.8 Å². The maximum absolute atomic E-state index is 12.6. The zero-order valence-electron chi connectivity index (χ0n) is 13.2. The quantitative estimate of drug-likeness (QED) is 0.833. The van der Waals surface area contributed by atoms with Crippen molar-refractivity contribution in [2.45, 2.75) is 18.9 Å². The molecule has 0 saturated carbocycles. The van der Waals surface area contributed by atoms with Gasteiger partial charge in [-0.25, -0.2) is 9.97 Å². The lowest BCUT2D eigenvalue weighted by Crippen LogP contribution is -2.41. The van der Waals surface area contributed by atoms with Gasteiger partial charge < -0.3 is 14.4 Å². The normalized spacial score (nSPS) is 15.5. The van der Waals surface area contributed by atoms with Gasteiger partial charge in [-0.15, -0.1) is 5.10 Å². The van der Waals surface area contributed by atoms with E-state index in [0.717, 1.165) is 12.8 Å². The Bertz CT molecular complexity index is 665. The minimum absolute atomic E-state index is 0.0598. The molecule has 8 nitrogen and oxygen atoms in total. The molecular weight excluding hydrogens is 298 g/mol. The van der Waals surface area contributed by atoms with Gasteiger partial charge in [0.05, 0.1) is 7.11 Å². The summed E-state index contributed by atoms with van der Waals surface area (Å²) >= 11 is 0. The van der Waals surface area contributed by atoms with Crippen LogP contribution in [0.15, 0.2) is 24.8 Å². The molecular formula is C15H19N5O3. The van der Waals surface area contributed by atoms with Gasteiger partial charge in [0.1, 0.15) is 18.0 Å². The Morgan fingerprint density at radius 1 is 1.35 bits per heavy atom. The second kappa shape index (κ2) is 6.64. The van der Waals surface area contributed by atoms with E-state index in [9.17, 15) is 4.79 Å². The van der Waals surface area contributed by atoms with Crippen LogP contribution in [0.3, 0.4) is 0 Å². The van der Waals surface area contributed by atoms with Crippen LogP contribution in [-0.4, -0.2) is 56.9 Å². The Hall–Kier alpha value is -2.64. The summed E-state index contributed by atoms with van der Waals surface area (Å²) < 4.78 is 12.5. The minimum Gasteiger partial charge on any atom is -0.479 e. The summed E-state index contributed by atoms with van der Waals surface area (Å²) in [5.74, 6) is 0.867. The highest BCUT2D eigenvalue weighted by molar-refractivity contribution is 5.96. The average Bonchev–Trinajstić information content (AvgIpc) is 2.97. The molecule has 0 radical (unpaired) electrons. The van der Waals surface area contributed by atoms with Crippen LogP contribution in [0.25, 0.3) is 0 Å². The molecule has 0 spiro atoms. The predicted octanol–water partition coefficient (Wildman–Crippen LogP) is 0.902. The Labute approximate surface area is 134 Å². The summed E-state index contributed by atoms with van der Waals surface area (Å²) in [5.41, 5.74) is 0.491. The molecule has 1 aliphatic rings. The molecule has 1 saturated heterocycles. The van der Waals surface area contributed by atoms with Gasteiger partial charge >= 0.3 is 0 Å². The lowest BCUT2D eigenvalue weighted by Gasteiger charge is -2.31. The molecule has 2 aromatic rings. The topological polar surface area (TPSA) is 82.4 Å². The maximum atomic E-state index is 12.6. The second-order valence-corrected chi connectivity index (χ2v) is 5.38. The number of methoxy groups -OCH3 is 1. The first-order chi connectivity index (χ1) is 11.2. The van der Waals surface area contributed by atoms with E-state index in [1.807, 2.05) is 0 Å². The first-order valence-corrected chi connectivity index (χ1v) is 7.47. The lowest BCUT2D eigenvalue weighted by atomic mass is 10.1. The molecule has 3 rings (SSSR count). The molecule has 1 fully saturated rings. The predicted molar refractivity (Wildman–Crippen MR) is 81.3 cm³/mol. The average molecular weight is 317 g/mol. The Kier molecular flexibility index (Phi) is 4.40. The Balaban J connectivity index is 1.59. The van der Waals surface area contributed by atoms with Gasteiger partial charge in [-0.1, -0.05) is 0 Å². The van der Waals surface area contributed by atoms with Gasteiger partial charge in [-0.2, -0.15) is 0 Å². The molecule has 1 amide bonds. The molecule has 0 bridgehead atoms. The van der Waals surface area contributed by atoms with Crippen LogP contribution in [0, 0.1) is 0 Å². The highest BCUT2D eigenvalue weighted by Gasteiger charge is 2.27. The number of aromatic nitrogens is 4. The van der Waals surface area contributed by atoms with Crippen LogP contribution >= 0.6 is 0 Å². The van der Waals surface area contributed by atoms with Gasteiger partial charge in [-0.05, 0) is 0 Å². The number of nitrogens with zero attached hydrogens (tertiary/aromatic N) is 5. The molecule has 3 heterocycles. The van der Waals surface area contributed by atoms with Crippen LogP contribution in [0.5, 0.6) is 11.8 Å². The molecule has 2 aromatic heterocycles. The standard InChI is InChI=1S/C15H19N5O3/c1-19-9-12(14(18-19)22-2)15(21)20-7-4-11(5-8-20)23-13-3-6-16-10-17-13/h3,6,9-11H,4-5,7-8H2,1-2H3. The van der Waals surface area contributed by atoms with E-state index in [1.54, 1.807) is 35.1 Å². The van der Waals surface area contributed by atoms with Crippen molar-refractivity contribution in [2.75, 3.05) is 20.2 Å². The van der Waals surface area contributed by atoms with E-state index in [2.05, 4.69) is 15.1 Å². The summed E-state index contributed by atoms with van der Waals surface area (Å²) in [5, 5.41) is 4.12. The van der Waals surface area contributed by atoms with Crippen LogP contribution in [0.2, 0.25) is 0 Å². The first kappa shape index (κ1) is 15.3. The third kappa shape index (κ3) is 3.41. The molecule has 0 N–H and O–H groups in total. The smallest absolute Gasteiger partial charge is 0.260 e. The summed E-state index contributed by atoms with van der Waals surface area (Å²) in [6, 6.07) is 1.73. The number of piperidine rings is 1. The lowest BCUT2D eigenvalue weighted by molar-refractivity contribution is 0.0585. The van der Waals surface area contributed by atoms with E-state index in [1.165, 1.54) is 13.4 Å². The van der Waals surface area contributed by atoms with Crippen LogP contribution < -0.4 is 9.47 Å². The van der Waals surface area contributed by atoms with E-state index in [0.29, 0.717) is 30.4 Å².